The summed E-state index contributed by atoms with van der Waals surface area (Å²) in [7, 11) is -4.65. The van der Waals surface area contributed by atoms with Crippen molar-refractivity contribution in [2.24, 2.45) is 0 Å². The van der Waals surface area contributed by atoms with Gasteiger partial charge in [-0.15, -0.1) is 0 Å². The van der Waals surface area contributed by atoms with Crippen molar-refractivity contribution in [2.75, 3.05) is 6.61 Å². The van der Waals surface area contributed by atoms with Crippen molar-refractivity contribution in [3.63, 3.8) is 0 Å². The molecule has 4 N–H and O–H groups in total. The Labute approximate surface area is 161 Å². The zero-order valence-electron chi connectivity index (χ0n) is 14.9. The molecule has 0 aromatic heterocycles. The largest absolute Gasteiger partial charge is 0.508 e. The summed E-state index contributed by atoms with van der Waals surface area (Å²) in [6, 6.07) is 18.5. The first-order valence-electron chi connectivity index (χ1n) is 8.58. The van der Waals surface area contributed by atoms with E-state index in [4.69, 9.17) is 9.79 Å². The van der Waals surface area contributed by atoms with Crippen LogP contribution < -0.4 is 5.32 Å². The zero-order chi connectivity index (χ0) is 20.1. The molecule has 3 aromatic rings. The highest BCUT2D eigenvalue weighted by Crippen LogP contribution is 2.35. The SMILES string of the molecule is O=C(N[C@@H](COP(=O)(O)O)Cc1ccccc1)c1ccc2cc(O)ccc2c1. The van der Waals surface area contributed by atoms with E-state index in [1.54, 1.807) is 30.3 Å². The molecule has 3 aromatic carbocycles. The Morgan fingerprint density at radius 1 is 1.00 bits per heavy atom. The third kappa shape index (κ3) is 5.65. The molecule has 0 heterocycles. The number of carbonyl (C=O) groups is 1. The van der Waals surface area contributed by atoms with Gasteiger partial charge in [0.25, 0.3) is 5.91 Å². The standard InChI is InChI=1S/C20H20NO6P/c22-19-9-8-15-11-17(7-6-16(15)12-19)20(23)21-18(13-27-28(24,25)26)10-14-4-2-1-3-5-14/h1-9,11-12,18,22H,10,13H2,(H,21,23)(H2,24,25,26)/t18-/m1/s1. The lowest BCUT2D eigenvalue weighted by molar-refractivity contribution is 0.0909. The fourth-order valence-electron chi connectivity index (χ4n) is 2.88. The first kappa shape index (κ1) is 20.0. The number of phenols is 1. The molecule has 28 heavy (non-hydrogen) atoms. The van der Waals surface area contributed by atoms with Gasteiger partial charge in [0.2, 0.25) is 0 Å². The number of phosphoric acid groups is 1. The molecule has 0 aliphatic heterocycles. The molecule has 0 saturated heterocycles. The lowest BCUT2D eigenvalue weighted by Gasteiger charge is -2.19. The normalized spacial score (nSPS) is 12.6. The van der Waals surface area contributed by atoms with Crippen LogP contribution in [0.5, 0.6) is 5.75 Å². The van der Waals surface area contributed by atoms with E-state index >= 15 is 0 Å². The molecule has 1 amide bonds. The second-order valence-corrected chi connectivity index (χ2v) is 7.63. The number of aromatic hydroxyl groups is 1. The molecule has 0 radical (unpaired) electrons. The molecule has 3 rings (SSSR count). The second-order valence-electron chi connectivity index (χ2n) is 6.39. The summed E-state index contributed by atoms with van der Waals surface area (Å²) < 4.78 is 15.7. The highest BCUT2D eigenvalue weighted by Gasteiger charge is 2.21. The van der Waals surface area contributed by atoms with E-state index in [0.717, 1.165) is 16.3 Å². The van der Waals surface area contributed by atoms with Crippen molar-refractivity contribution in [2.45, 2.75) is 12.5 Å². The molecule has 0 bridgehead atoms. The summed E-state index contributed by atoms with van der Waals surface area (Å²) >= 11 is 0. The van der Waals surface area contributed by atoms with Crippen LogP contribution in [0.2, 0.25) is 0 Å². The smallest absolute Gasteiger partial charge is 0.469 e. The summed E-state index contributed by atoms with van der Waals surface area (Å²) in [5.74, 6) is -0.243. The third-order valence-corrected chi connectivity index (χ3v) is 4.68. The maximum atomic E-state index is 12.7. The molecule has 0 aliphatic carbocycles. The molecule has 0 spiro atoms. The maximum absolute atomic E-state index is 12.7. The number of nitrogens with one attached hydrogen (secondary N) is 1. The fraction of sp³-hybridized carbons (Fsp3) is 0.150. The van der Waals surface area contributed by atoms with Crippen LogP contribution in [0.1, 0.15) is 15.9 Å². The molecule has 0 saturated carbocycles. The summed E-state index contributed by atoms with van der Waals surface area (Å²) in [6.45, 7) is -0.327. The van der Waals surface area contributed by atoms with Gasteiger partial charge < -0.3 is 20.2 Å². The molecule has 146 valence electrons. The number of hydrogen-bond donors (Lipinski definition) is 4. The lowest BCUT2D eigenvalue weighted by Crippen LogP contribution is -2.39. The maximum Gasteiger partial charge on any atom is 0.469 e. The Kier molecular flexibility index (Phi) is 6.11. The summed E-state index contributed by atoms with van der Waals surface area (Å²) in [5, 5.41) is 13.9. The van der Waals surface area contributed by atoms with Gasteiger partial charge in [0.05, 0.1) is 12.6 Å². The number of fused-ring (bicyclic) bond motifs is 1. The minimum Gasteiger partial charge on any atom is -0.508 e. The van der Waals surface area contributed by atoms with Gasteiger partial charge in [-0.25, -0.2) is 4.57 Å². The molecule has 7 nitrogen and oxygen atoms in total. The molecule has 0 fully saturated rings. The zero-order valence-corrected chi connectivity index (χ0v) is 15.8. The van der Waals surface area contributed by atoms with Gasteiger partial charge in [-0.05, 0) is 47.0 Å². The van der Waals surface area contributed by atoms with Crippen LogP contribution in [0.25, 0.3) is 10.8 Å². The van der Waals surface area contributed by atoms with Gasteiger partial charge in [0.15, 0.2) is 0 Å². The van der Waals surface area contributed by atoms with E-state index in [9.17, 15) is 14.5 Å². The molecule has 0 unspecified atom stereocenters. The Morgan fingerprint density at radius 3 is 2.39 bits per heavy atom. The van der Waals surface area contributed by atoms with Crippen LogP contribution in [0.3, 0.4) is 0 Å². The number of amides is 1. The third-order valence-electron chi connectivity index (χ3n) is 4.19. The van der Waals surface area contributed by atoms with Crippen LogP contribution in [-0.4, -0.2) is 33.4 Å². The number of rotatable bonds is 7. The van der Waals surface area contributed by atoms with Crippen LogP contribution in [-0.2, 0) is 15.5 Å². The van der Waals surface area contributed by atoms with Crippen molar-refractivity contribution in [3.05, 3.63) is 77.9 Å². The monoisotopic (exact) mass is 401 g/mol. The quantitative estimate of drug-likeness (QED) is 0.453. The highest BCUT2D eigenvalue weighted by molar-refractivity contribution is 7.46. The minimum absolute atomic E-state index is 0.141. The first-order valence-corrected chi connectivity index (χ1v) is 10.1. The van der Waals surface area contributed by atoms with E-state index < -0.39 is 13.9 Å². The van der Waals surface area contributed by atoms with Crippen molar-refractivity contribution < 1.29 is 28.8 Å². The topological polar surface area (TPSA) is 116 Å². The van der Waals surface area contributed by atoms with Crippen LogP contribution >= 0.6 is 7.82 Å². The summed E-state index contributed by atoms with van der Waals surface area (Å²) in [4.78, 5) is 30.6. The average molecular weight is 401 g/mol. The first-order chi connectivity index (χ1) is 13.3. The molecule has 8 heteroatoms. The summed E-state index contributed by atoms with van der Waals surface area (Å²) in [6.07, 6.45) is 0.355. The van der Waals surface area contributed by atoms with E-state index in [-0.39, 0.29) is 18.3 Å². The van der Waals surface area contributed by atoms with Crippen molar-refractivity contribution in [1.82, 2.24) is 5.32 Å². The van der Waals surface area contributed by atoms with E-state index in [1.165, 1.54) is 6.07 Å². The van der Waals surface area contributed by atoms with Crippen molar-refractivity contribution >= 4 is 24.5 Å². The second kappa shape index (κ2) is 8.54. The number of benzene rings is 3. The Bertz CT molecular complexity index is 1020. The predicted molar refractivity (Wildman–Crippen MR) is 105 cm³/mol. The lowest BCUT2D eigenvalue weighted by atomic mass is 10.0. The highest BCUT2D eigenvalue weighted by atomic mass is 31.2. The van der Waals surface area contributed by atoms with Crippen LogP contribution in [0, 0.1) is 0 Å². The Balaban J connectivity index is 1.77. The van der Waals surface area contributed by atoms with Gasteiger partial charge in [0.1, 0.15) is 5.75 Å². The molecule has 0 aliphatic rings. The number of phosphoric ester groups is 1. The number of carbonyl (C=O) groups excluding carboxylic acids is 1. The van der Waals surface area contributed by atoms with E-state index in [1.807, 2.05) is 30.3 Å². The molecule has 1 atom stereocenters. The minimum atomic E-state index is -4.65. The predicted octanol–water partition coefficient (Wildman–Crippen LogP) is 3.00. The molecular formula is C20H20NO6P. The Morgan fingerprint density at radius 2 is 1.68 bits per heavy atom. The number of hydrogen-bond acceptors (Lipinski definition) is 4. The van der Waals surface area contributed by atoms with Gasteiger partial charge in [-0.2, -0.15) is 0 Å². The van der Waals surface area contributed by atoms with Crippen LogP contribution in [0.15, 0.2) is 66.7 Å². The fourth-order valence-corrected chi connectivity index (χ4v) is 3.25. The number of phenolic OH excluding ortho intramolecular Hbond substituents is 1. The van der Waals surface area contributed by atoms with E-state index in [2.05, 4.69) is 9.84 Å². The Hall–Kier alpha value is -2.70. The van der Waals surface area contributed by atoms with Gasteiger partial charge >= 0.3 is 7.82 Å². The van der Waals surface area contributed by atoms with Crippen molar-refractivity contribution in [1.29, 1.82) is 0 Å². The van der Waals surface area contributed by atoms with Gasteiger partial charge in [-0.3, -0.25) is 9.32 Å². The van der Waals surface area contributed by atoms with Crippen molar-refractivity contribution in [3.8, 4) is 5.75 Å². The van der Waals surface area contributed by atoms with Gasteiger partial charge in [0, 0.05) is 5.56 Å². The van der Waals surface area contributed by atoms with Crippen LogP contribution in [0.4, 0.5) is 0 Å². The van der Waals surface area contributed by atoms with E-state index in [0.29, 0.717) is 12.0 Å². The summed E-state index contributed by atoms with van der Waals surface area (Å²) in [5.41, 5.74) is 1.29. The van der Waals surface area contributed by atoms with Gasteiger partial charge in [-0.1, -0.05) is 42.5 Å². The average Bonchev–Trinajstić information content (AvgIpc) is 2.66. The molecular weight excluding hydrogens is 381 g/mol.